The van der Waals surface area contributed by atoms with Crippen LogP contribution in [0.5, 0.6) is 0 Å². The maximum Gasteiger partial charge on any atom is 0.408 e. The first kappa shape index (κ1) is 28.9. The maximum atomic E-state index is 13.8. The van der Waals surface area contributed by atoms with Gasteiger partial charge in [0.05, 0.1) is 0 Å². The molecule has 2 aromatic carbocycles. The van der Waals surface area contributed by atoms with Crippen LogP contribution in [-0.4, -0.2) is 41.5 Å². The summed E-state index contributed by atoms with van der Waals surface area (Å²) in [5.74, 6) is -0.862. The average Bonchev–Trinajstić information content (AvgIpc) is 2.78. The second kappa shape index (κ2) is 12.1. The Hall–Kier alpha value is -3.35. The normalized spacial score (nSPS) is 13.8. The molecule has 7 nitrogen and oxygen atoms in total. The molecule has 0 radical (unpaired) electrons. The van der Waals surface area contributed by atoms with Crippen LogP contribution in [-0.2, 0) is 14.3 Å². The summed E-state index contributed by atoms with van der Waals surface area (Å²) in [6, 6.07) is 11.6. The number of nitrogens with one attached hydrogen (secondary N) is 2. The fourth-order valence-electron chi connectivity index (χ4n) is 4.04. The number of amides is 3. The Morgan fingerprint density at radius 3 is 2.19 bits per heavy atom. The Kier molecular flexibility index (Phi) is 9.68. The third-order valence-electron chi connectivity index (χ3n) is 6.26. The van der Waals surface area contributed by atoms with Crippen molar-refractivity contribution in [3.63, 3.8) is 0 Å². The van der Waals surface area contributed by atoms with E-state index in [-0.39, 0.29) is 17.7 Å². The van der Waals surface area contributed by atoms with Gasteiger partial charge in [0.1, 0.15) is 17.7 Å². The highest BCUT2D eigenvalue weighted by molar-refractivity contribution is 5.99. The van der Waals surface area contributed by atoms with Gasteiger partial charge in [0.2, 0.25) is 5.91 Å². The molecule has 0 aliphatic rings. The lowest BCUT2D eigenvalue weighted by atomic mass is 9.94. The number of alkyl carbamates (subject to hydrolysis) is 1. The zero-order valence-electron chi connectivity index (χ0n) is 23.1. The molecular formula is C29H41N3O4. The lowest BCUT2D eigenvalue weighted by Crippen LogP contribution is -2.53. The molecule has 0 fully saturated rings. The molecule has 36 heavy (non-hydrogen) atoms. The summed E-state index contributed by atoms with van der Waals surface area (Å²) in [6.07, 6.45) is -0.00841. The predicted molar refractivity (Wildman–Crippen MR) is 144 cm³/mol. The number of anilines is 1. The Labute approximate surface area is 215 Å². The Bertz CT molecular complexity index is 1090. The molecule has 0 aliphatic carbocycles. The van der Waals surface area contributed by atoms with Crippen molar-refractivity contribution in [1.82, 2.24) is 10.2 Å². The van der Waals surface area contributed by atoms with Gasteiger partial charge in [-0.1, -0.05) is 62.2 Å². The molecule has 2 rings (SSSR count). The molecule has 3 atom stereocenters. The lowest BCUT2D eigenvalue weighted by Gasteiger charge is -2.34. The fourth-order valence-corrected chi connectivity index (χ4v) is 4.04. The van der Waals surface area contributed by atoms with E-state index in [4.69, 9.17) is 4.74 Å². The van der Waals surface area contributed by atoms with Gasteiger partial charge in [-0.15, -0.1) is 0 Å². The molecular weight excluding hydrogens is 454 g/mol. The van der Waals surface area contributed by atoms with E-state index < -0.39 is 23.8 Å². The minimum Gasteiger partial charge on any atom is -0.444 e. The van der Waals surface area contributed by atoms with Crippen molar-refractivity contribution < 1.29 is 19.1 Å². The van der Waals surface area contributed by atoms with Gasteiger partial charge >= 0.3 is 6.09 Å². The molecule has 0 aromatic heterocycles. The highest BCUT2D eigenvalue weighted by atomic mass is 16.6. The van der Waals surface area contributed by atoms with Crippen LogP contribution in [0.15, 0.2) is 42.5 Å². The van der Waals surface area contributed by atoms with Crippen LogP contribution in [0.3, 0.4) is 0 Å². The minimum absolute atomic E-state index is 0.174. The predicted octanol–water partition coefficient (Wildman–Crippen LogP) is 5.69. The monoisotopic (exact) mass is 495 g/mol. The summed E-state index contributed by atoms with van der Waals surface area (Å²) >= 11 is 0. The van der Waals surface area contributed by atoms with Gasteiger partial charge in [-0.25, -0.2) is 4.79 Å². The standard InChI is InChI=1S/C29H41N3O4/c1-10-19(3)24(31-28(35)36-29(6,7)8)27(34)32(9)25(22-16-15-18(2)17-21(22)5)26(33)30-23-14-12-11-13-20(23)4/h11-17,19,24-25H,10H2,1-9H3,(H,30,33)(H,31,35). The molecule has 0 spiro atoms. The first-order chi connectivity index (χ1) is 16.7. The molecule has 7 heteroatoms. The van der Waals surface area contributed by atoms with Crippen molar-refractivity contribution in [2.24, 2.45) is 5.92 Å². The van der Waals surface area contributed by atoms with Crippen LogP contribution in [0.1, 0.15) is 69.3 Å². The number of hydrogen-bond acceptors (Lipinski definition) is 4. The second-order valence-corrected chi connectivity index (χ2v) is 10.5. The van der Waals surface area contributed by atoms with Gasteiger partial charge in [-0.3, -0.25) is 9.59 Å². The first-order valence-electron chi connectivity index (χ1n) is 12.4. The van der Waals surface area contributed by atoms with E-state index in [1.807, 2.05) is 77.1 Å². The first-order valence-corrected chi connectivity index (χ1v) is 12.4. The van der Waals surface area contributed by atoms with E-state index in [2.05, 4.69) is 10.6 Å². The number of rotatable bonds is 8. The SMILES string of the molecule is CCC(C)C(NC(=O)OC(C)(C)C)C(=O)N(C)C(C(=O)Nc1ccccc1C)c1ccc(C)cc1C. The highest BCUT2D eigenvalue weighted by Crippen LogP contribution is 2.28. The number of nitrogens with zero attached hydrogens (tertiary/aromatic N) is 1. The van der Waals surface area contributed by atoms with Crippen molar-refractivity contribution in [2.45, 2.75) is 79.5 Å². The summed E-state index contributed by atoms with van der Waals surface area (Å²) in [7, 11) is 1.61. The second-order valence-electron chi connectivity index (χ2n) is 10.5. The van der Waals surface area contributed by atoms with E-state index in [0.29, 0.717) is 12.1 Å². The summed E-state index contributed by atoms with van der Waals surface area (Å²) in [6.45, 7) is 15.0. The van der Waals surface area contributed by atoms with Crippen LogP contribution in [0.2, 0.25) is 0 Å². The number of carbonyl (C=O) groups excluding carboxylic acids is 3. The number of likely N-dealkylation sites (N-methyl/N-ethyl adjacent to an activating group) is 1. The van der Waals surface area contributed by atoms with E-state index in [9.17, 15) is 14.4 Å². The number of carbonyl (C=O) groups is 3. The van der Waals surface area contributed by atoms with Crippen LogP contribution in [0, 0.1) is 26.7 Å². The van der Waals surface area contributed by atoms with E-state index in [0.717, 1.165) is 22.3 Å². The molecule has 196 valence electrons. The topological polar surface area (TPSA) is 87.7 Å². The molecule has 0 saturated heterocycles. The van der Waals surface area contributed by atoms with Crippen molar-refractivity contribution >= 4 is 23.6 Å². The Morgan fingerprint density at radius 1 is 1.00 bits per heavy atom. The van der Waals surface area contributed by atoms with Crippen molar-refractivity contribution in [3.8, 4) is 0 Å². The largest absolute Gasteiger partial charge is 0.444 e. The van der Waals surface area contributed by atoms with Crippen LogP contribution >= 0.6 is 0 Å². The van der Waals surface area contributed by atoms with Gasteiger partial charge in [-0.2, -0.15) is 0 Å². The molecule has 0 saturated carbocycles. The van der Waals surface area contributed by atoms with Gasteiger partial charge in [-0.05, 0) is 70.2 Å². The zero-order valence-corrected chi connectivity index (χ0v) is 23.1. The van der Waals surface area contributed by atoms with Crippen molar-refractivity contribution in [3.05, 3.63) is 64.7 Å². The molecule has 0 heterocycles. The number of para-hydroxylation sites is 1. The quantitative estimate of drug-likeness (QED) is 0.492. The van der Waals surface area contributed by atoms with Gasteiger partial charge in [0, 0.05) is 12.7 Å². The average molecular weight is 496 g/mol. The minimum atomic E-state index is -0.898. The van der Waals surface area contributed by atoms with Gasteiger partial charge < -0.3 is 20.3 Å². The number of hydrogen-bond donors (Lipinski definition) is 2. The smallest absolute Gasteiger partial charge is 0.408 e. The Morgan fingerprint density at radius 2 is 1.64 bits per heavy atom. The van der Waals surface area contributed by atoms with Gasteiger partial charge in [0.15, 0.2) is 0 Å². The fraction of sp³-hybridized carbons (Fsp3) is 0.483. The third kappa shape index (κ3) is 7.57. The number of ether oxygens (including phenoxy) is 1. The van der Waals surface area contributed by atoms with Crippen LogP contribution in [0.25, 0.3) is 0 Å². The molecule has 3 unspecified atom stereocenters. The zero-order chi connectivity index (χ0) is 27.2. The van der Waals surface area contributed by atoms with Crippen LogP contribution < -0.4 is 10.6 Å². The number of benzene rings is 2. The summed E-state index contributed by atoms with van der Waals surface area (Å²) < 4.78 is 5.41. The molecule has 2 N–H and O–H groups in total. The molecule has 0 aliphatic heterocycles. The van der Waals surface area contributed by atoms with Gasteiger partial charge in [0.25, 0.3) is 5.91 Å². The maximum absolute atomic E-state index is 13.8. The summed E-state index contributed by atoms with van der Waals surface area (Å²) in [5.41, 5.74) is 3.59. The van der Waals surface area contributed by atoms with Crippen molar-refractivity contribution in [1.29, 1.82) is 0 Å². The van der Waals surface area contributed by atoms with Crippen molar-refractivity contribution in [2.75, 3.05) is 12.4 Å². The summed E-state index contributed by atoms with van der Waals surface area (Å²) in [5, 5.41) is 5.74. The molecule has 2 aromatic rings. The summed E-state index contributed by atoms with van der Waals surface area (Å²) in [4.78, 5) is 41.5. The van der Waals surface area contributed by atoms with E-state index in [1.165, 1.54) is 4.90 Å². The molecule has 0 bridgehead atoms. The van der Waals surface area contributed by atoms with E-state index in [1.54, 1.807) is 27.8 Å². The van der Waals surface area contributed by atoms with E-state index >= 15 is 0 Å². The third-order valence-corrected chi connectivity index (χ3v) is 6.26. The molecule has 3 amide bonds. The highest BCUT2D eigenvalue weighted by Gasteiger charge is 2.36. The lowest BCUT2D eigenvalue weighted by molar-refractivity contribution is -0.140. The Balaban J connectivity index is 2.46. The number of aryl methyl sites for hydroxylation is 3. The van der Waals surface area contributed by atoms with Crippen LogP contribution in [0.4, 0.5) is 10.5 Å².